The van der Waals surface area contributed by atoms with Crippen LogP contribution in [0.25, 0.3) is 16.4 Å². The summed E-state index contributed by atoms with van der Waals surface area (Å²) in [5.41, 5.74) is 2.27. The molecular formula is C17H16N4O2S. The first-order valence-electron chi connectivity index (χ1n) is 7.87. The number of aromatic nitrogens is 4. The molecule has 1 N–H and O–H groups in total. The van der Waals surface area contributed by atoms with E-state index in [1.807, 2.05) is 23.6 Å². The van der Waals surface area contributed by atoms with Crippen molar-refractivity contribution in [3.63, 3.8) is 0 Å². The van der Waals surface area contributed by atoms with E-state index in [2.05, 4.69) is 15.2 Å². The van der Waals surface area contributed by atoms with Gasteiger partial charge in [0.25, 0.3) is 0 Å². The molecule has 0 spiro atoms. The van der Waals surface area contributed by atoms with E-state index in [0.717, 1.165) is 36.8 Å². The van der Waals surface area contributed by atoms with Crippen LogP contribution in [0, 0.1) is 6.92 Å². The number of thiophene rings is 1. The fourth-order valence-corrected chi connectivity index (χ4v) is 4.65. The molecule has 3 aromatic rings. The highest BCUT2D eigenvalue weighted by atomic mass is 32.1. The summed E-state index contributed by atoms with van der Waals surface area (Å²) in [5, 5.41) is 19.0. The third kappa shape index (κ3) is 2.32. The number of hydrogen-bond donors (Lipinski definition) is 1. The number of carboxylic acids is 1. The summed E-state index contributed by atoms with van der Waals surface area (Å²) in [6, 6.07) is 3.71. The van der Waals surface area contributed by atoms with Crippen molar-refractivity contribution in [3.05, 3.63) is 46.4 Å². The van der Waals surface area contributed by atoms with Gasteiger partial charge in [0, 0.05) is 22.8 Å². The van der Waals surface area contributed by atoms with E-state index >= 15 is 0 Å². The van der Waals surface area contributed by atoms with E-state index in [1.165, 1.54) is 4.88 Å². The van der Waals surface area contributed by atoms with Crippen molar-refractivity contribution in [2.24, 2.45) is 0 Å². The molecule has 3 aromatic heterocycles. The van der Waals surface area contributed by atoms with Gasteiger partial charge in [-0.15, -0.1) is 21.5 Å². The molecule has 4 rings (SSSR count). The highest BCUT2D eigenvalue weighted by Crippen LogP contribution is 2.38. The number of carboxylic acid groups (broad SMARTS) is 1. The van der Waals surface area contributed by atoms with Crippen LogP contribution < -0.4 is 0 Å². The normalized spacial score (nSPS) is 13.7. The van der Waals surface area contributed by atoms with Crippen molar-refractivity contribution >= 4 is 17.3 Å². The minimum atomic E-state index is -0.877. The molecule has 0 atom stereocenters. The summed E-state index contributed by atoms with van der Waals surface area (Å²) < 4.78 is 1.86. The number of fused-ring (bicyclic) bond motifs is 1. The van der Waals surface area contributed by atoms with Gasteiger partial charge in [-0.05, 0) is 50.3 Å². The summed E-state index contributed by atoms with van der Waals surface area (Å²) in [6.45, 7) is 1.85. The summed E-state index contributed by atoms with van der Waals surface area (Å²) in [7, 11) is 0. The lowest BCUT2D eigenvalue weighted by atomic mass is 9.95. The van der Waals surface area contributed by atoms with Crippen LogP contribution in [0.5, 0.6) is 0 Å². The van der Waals surface area contributed by atoms with Crippen LogP contribution in [-0.4, -0.2) is 30.8 Å². The van der Waals surface area contributed by atoms with Gasteiger partial charge in [0.05, 0.1) is 5.56 Å². The largest absolute Gasteiger partial charge is 0.478 e. The zero-order valence-electron chi connectivity index (χ0n) is 13.2. The second-order valence-electron chi connectivity index (χ2n) is 5.84. The molecule has 0 amide bonds. The monoisotopic (exact) mass is 340 g/mol. The topological polar surface area (TPSA) is 80.9 Å². The predicted octanol–water partition coefficient (Wildman–Crippen LogP) is 3.28. The van der Waals surface area contributed by atoms with Crippen LogP contribution >= 0.6 is 11.3 Å². The second kappa shape index (κ2) is 5.83. The van der Waals surface area contributed by atoms with Gasteiger partial charge in [0.2, 0.25) is 0 Å². The zero-order valence-corrected chi connectivity index (χ0v) is 14.0. The Morgan fingerprint density at radius 1 is 1.21 bits per heavy atom. The van der Waals surface area contributed by atoms with Crippen LogP contribution in [0.3, 0.4) is 0 Å². The maximum Gasteiger partial charge on any atom is 0.339 e. The Kier molecular flexibility index (Phi) is 3.65. The summed E-state index contributed by atoms with van der Waals surface area (Å²) >= 11 is 1.56. The molecule has 0 bridgehead atoms. The van der Waals surface area contributed by atoms with Crippen molar-refractivity contribution < 1.29 is 9.90 Å². The van der Waals surface area contributed by atoms with E-state index in [9.17, 15) is 9.90 Å². The SMILES string of the molecule is Cc1nnc(-c2ccncc2)n1-c1sc2c(c1C(=O)O)CCCC2. The van der Waals surface area contributed by atoms with E-state index in [0.29, 0.717) is 22.2 Å². The molecule has 3 heterocycles. The fourth-order valence-electron chi connectivity index (χ4n) is 3.22. The smallest absolute Gasteiger partial charge is 0.339 e. The number of hydrogen-bond acceptors (Lipinski definition) is 5. The Labute approximate surface area is 142 Å². The van der Waals surface area contributed by atoms with Crippen molar-refractivity contribution in [1.82, 2.24) is 19.7 Å². The van der Waals surface area contributed by atoms with E-state index in [-0.39, 0.29) is 0 Å². The number of nitrogens with zero attached hydrogens (tertiary/aromatic N) is 4. The number of aryl methyl sites for hydroxylation is 2. The minimum Gasteiger partial charge on any atom is -0.478 e. The molecule has 0 aliphatic heterocycles. The summed E-state index contributed by atoms with van der Waals surface area (Å²) in [6.07, 6.45) is 7.33. The molecule has 0 saturated carbocycles. The molecule has 7 heteroatoms. The van der Waals surface area contributed by atoms with Crippen LogP contribution in [0.2, 0.25) is 0 Å². The molecule has 1 aliphatic carbocycles. The van der Waals surface area contributed by atoms with Gasteiger partial charge in [-0.2, -0.15) is 0 Å². The number of rotatable bonds is 3. The molecule has 122 valence electrons. The molecule has 0 unspecified atom stereocenters. The molecule has 0 aromatic carbocycles. The Hall–Kier alpha value is -2.54. The maximum absolute atomic E-state index is 12.0. The highest BCUT2D eigenvalue weighted by molar-refractivity contribution is 7.15. The lowest BCUT2D eigenvalue weighted by Gasteiger charge is -2.11. The van der Waals surface area contributed by atoms with Crippen LogP contribution in [0.15, 0.2) is 24.5 Å². The van der Waals surface area contributed by atoms with Gasteiger partial charge in [-0.1, -0.05) is 0 Å². The molecule has 0 radical (unpaired) electrons. The third-order valence-corrected chi connectivity index (χ3v) is 5.61. The van der Waals surface area contributed by atoms with Gasteiger partial charge < -0.3 is 5.11 Å². The van der Waals surface area contributed by atoms with Gasteiger partial charge >= 0.3 is 5.97 Å². The van der Waals surface area contributed by atoms with Crippen LogP contribution in [-0.2, 0) is 12.8 Å². The van der Waals surface area contributed by atoms with E-state index in [1.54, 1.807) is 23.7 Å². The lowest BCUT2D eigenvalue weighted by Crippen LogP contribution is -2.09. The molecule has 0 fully saturated rings. The van der Waals surface area contributed by atoms with Crippen LogP contribution in [0.1, 0.15) is 39.5 Å². The Bertz CT molecular complexity index is 914. The van der Waals surface area contributed by atoms with Gasteiger partial charge in [0.1, 0.15) is 10.8 Å². The molecule has 24 heavy (non-hydrogen) atoms. The average Bonchev–Trinajstić information content (AvgIpc) is 3.15. The van der Waals surface area contributed by atoms with E-state index in [4.69, 9.17) is 0 Å². The molecule has 1 aliphatic rings. The van der Waals surface area contributed by atoms with Gasteiger partial charge in [0.15, 0.2) is 5.82 Å². The fraction of sp³-hybridized carbons (Fsp3) is 0.294. The first-order chi connectivity index (χ1) is 11.7. The second-order valence-corrected chi connectivity index (χ2v) is 6.92. The summed E-state index contributed by atoms with van der Waals surface area (Å²) in [5.74, 6) is 0.456. The van der Waals surface area contributed by atoms with Crippen LogP contribution in [0.4, 0.5) is 0 Å². The molecular weight excluding hydrogens is 324 g/mol. The Balaban J connectivity index is 1.96. The minimum absolute atomic E-state index is 0.410. The van der Waals surface area contributed by atoms with Crippen molar-refractivity contribution in [3.8, 4) is 16.4 Å². The number of carbonyl (C=O) groups is 1. The van der Waals surface area contributed by atoms with Gasteiger partial charge in [-0.25, -0.2) is 4.79 Å². The first kappa shape index (κ1) is 15.0. The molecule has 6 nitrogen and oxygen atoms in total. The van der Waals surface area contributed by atoms with Crippen molar-refractivity contribution in [2.75, 3.05) is 0 Å². The highest BCUT2D eigenvalue weighted by Gasteiger charge is 2.28. The lowest BCUT2D eigenvalue weighted by molar-refractivity contribution is 0.0696. The number of aromatic carboxylic acids is 1. The standard InChI is InChI=1S/C17H16N4O2S/c1-10-19-20-15(11-6-8-18-9-7-11)21(10)16-14(17(22)23)12-4-2-3-5-13(12)24-16/h6-9H,2-5H2,1H3,(H,22,23). The first-order valence-corrected chi connectivity index (χ1v) is 8.69. The van der Waals surface area contributed by atoms with Crippen molar-refractivity contribution in [2.45, 2.75) is 32.6 Å². The Morgan fingerprint density at radius 3 is 2.71 bits per heavy atom. The van der Waals surface area contributed by atoms with Gasteiger partial charge in [-0.3, -0.25) is 9.55 Å². The summed E-state index contributed by atoms with van der Waals surface area (Å²) in [4.78, 5) is 17.2. The Morgan fingerprint density at radius 2 is 1.96 bits per heavy atom. The third-order valence-electron chi connectivity index (χ3n) is 4.33. The molecule has 0 saturated heterocycles. The predicted molar refractivity (Wildman–Crippen MR) is 90.8 cm³/mol. The van der Waals surface area contributed by atoms with Crippen molar-refractivity contribution in [1.29, 1.82) is 0 Å². The van der Waals surface area contributed by atoms with E-state index < -0.39 is 5.97 Å². The average molecular weight is 340 g/mol. The maximum atomic E-state index is 12.0. The zero-order chi connectivity index (χ0) is 16.7. The quantitative estimate of drug-likeness (QED) is 0.791. The number of pyridine rings is 1.